The van der Waals surface area contributed by atoms with Crippen LogP contribution in [-0.2, 0) is 14.6 Å². The summed E-state index contributed by atoms with van der Waals surface area (Å²) in [4.78, 5) is 11.4. The molecule has 2 N–H and O–H groups in total. The highest BCUT2D eigenvalue weighted by molar-refractivity contribution is 7.99. The average Bonchev–Trinajstić information content (AvgIpc) is 3.25. The highest BCUT2D eigenvalue weighted by atomic mass is 32.2. The van der Waals surface area contributed by atoms with Crippen LogP contribution in [0.5, 0.6) is 5.75 Å². The Morgan fingerprint density at radius 1 is 1.26 bits per heavy atom. The molecule has 182 valence electrons. The van der Waals surface area contributed by atoms with Crippen molar-refractivity contribution in [3.8, 4) is 5.75 Å². The summed E-state index contributed by atoms with van der Waals surface area (Å²) < 4.78 is 50.1. The second-order valence-corrected chi connectivity index (χ2v) is 10.8. The van der Waals surface area contributed by atoms with Crippen molar-refractivity contribution in [3.63, 3.8) is 0 Å². The normalized spacial score (nSPS) is 14.3. The molecule has 0 spiro atoms. The van der Waals surface area contributed by atoms with Crippen molar-refractivity contribution in [1.82, 2.24) is 20.2 Å². The molecule has 2 aromatic heterocycles. The maximum atomic E-state index is 14.8. The van der Waals surface area contributed by atoms with E-state index in [1.807, 2.05) is 17.9 Å². The number of morpholine rings is 1. The number of rotatable bonds is 8. The number of nitrogens with zero attached hydrogens (tertiary/aromatic N) is 4. The van der Waals surface area contributed by atoms with E-state index < -0.39 is 15.7 Å². The highest BCUT2D eigenvalue weighted by Gasteiger charge is 2.24. The third-order valence-corrected chi connectivity index (χ3v) is 7.79. The van der Waals surface area contributed by atoms with E-state index in [-0.39, 0.29) is 20.7 Å². The summed E-state index contributed by atoms with van der Waals surface area (Å²) in [7, 11) is -1.98. The van der Waals surface area contributed by atoms with Crippen molar-refractivity contribution in [2.45, 2.75) is 28.8 Å². The molecule has 10 nitrogen and oxygen atoms in total. The van der Waals surface area contributed by atoms with Gasteiger partial charge in [0.25, 0.3) is 0 Å². The number of aromatic amines is 1. The molecule has 4 rings (SSSR count). The molecule has 1 aliphatic rings. The molecule has 1 saturated heterocycles. The van der Waals surface area contributed by atoms with Crippen LogP contribution in [0.25, 0.3) is 0 Å². The summed E-state index contributed by atoms with van der Waals surface area (Å²) in [6.45, 7) is 5.69. The fraction of sp³-hybridized carbons (Fsp3) is 0.381. The summed E-state index contributed by atoms with van der Waals surface area (Å²) in [6, 6.07) is 5.66. The van der Waals surface area contributed by atoms with Gasteiger partial charge in [-0.1, -0.05) is 6.92 Å². The number of ether oxygens (including phenoxy) is 2. The third kappa shape index (κ3) is 5.26. The molecule has 0 unspecified atom stereocenters. The molecule has 0 aliphatic carbocycles. The van der Waals surface area contributed by atoms with E-state index in [4.69, 9.17) is 9.47 Å². The van der Waals surface area contributed by atoms with E-state index >= 15 is 0 Å². The van der Waals surface area contributed by atoms with Gasteiger partial charge in [-0.05, 0) is 36.9 Å². The van der Waals surface area contributed by atoms with E-state index in [9.17, 15) is 12.8 Å². The van der Waals surface area contributed by atoms with Crippen LogP contribution in [0.4, 0.5) is 21.8 Å². The van der Waals surface area contributed by atoms with Crippen molar-refractivity contribution in [2.75, 3.05) is 49.4 Å². The molecule has 1 fully saturated rings. The summed E-state index contributed by atoms with van der Waals surface area (Å²) >= 11 is 0.995. The molecule has 34 heavy (non-hydrogen) atoms. The summed E-state index contributed by atoms with van der Waals surface area (Å²) in [5.41, 5.74) is 0.864. The standard InChI is InChI=1S/C21H25FN6O4S2/c1-4-34(29,30)14-5-6-16(15(22)12-14)33-21-24-19(23-17-11-13(2)26-27-17)18(31-3)20(25-21)28-7-9-32-10-8-28/h5-6,11-12H,4,7-10H2,1-3H3,(H2,23,24,25,26,27). The molecular formula is C21H25FN6O4S2. The van der Waals surface area contributed by atoms with Crippen LogP contribution in [-0.4, -0.2) is 67.7 Å². The van der Waals surface area contributed by atoms with Gasteiger partial charge in [0.2, 0.25) is 5.75 Å². The van der Waals surface area contributed by atoms with Crippen molar-refractivity contribution < 1.29 is 22.3 Å². The van der Waals surface area contributed by atoms with Crippen LogP contribution in [0.1, 0.15) is 12.6 Å². The van der Waals surface area contributed by atoms with Crippen molar-refractivity contribution in [3.05, 3.63) is 35.8 Å². The summed E-state index contributed by atoms with van der Waals surface area (Å²) in [5, 5.41) is 10.5. The summed E-state index contributed by atoms with van der Waals surface area (Å²) in [5.74, 6) is 1.12. The lowest BCUT2D eigenvalue weighted by Crippen LogP contribution is -2.37. The zero-order valence-corrected chi connectivity index (χ0v) is 20.6. The number of benzene rings is 1. The SMILES string of the molecule is CCS(=O)(=O)c1ccc(Sc2nc(Nc3cc(C)[nH]n3)c(OC)c(N3CCOCC3)n2)c(F)c1. The zero-order chi connectivity index (χ0) is 24.3. The van der Waals surface area contributed by atoms with Crippen molar-refractivity contribution in [2.24, 2.45) is 0 Å². The summed E-state index contributed by atoms with van der Waals surface area (Å²) in [6.07, 6.45) is 0. The largest absolute Gasteiger partial charge is 0.490 e. The number of sulfone groups is 1. The molecule has 1 aliphatic heterocycles. The van der Waals surface area contributed by atoms with Gasteiger partial charge in [-0.25, -0.2) is 22.8 Å². The first-order valence-electron chi connectivity index (χ1n) is 10.6. The van der Waals surface area contributed by atoms with E-state index in [0.717, 1.165) is 23.5 Å². The first kappa shape index (κ1) is 24.2. The smallest absolute Gasteiger partial charge is 0.204 e. The van der Waals surface area contributed by atoms with Gasteiger partial charge in [-0.2, -0.15) is 5.10 Å². The third-order valence-electron chi connectivity index (χ3n) is 5.14. The second-order valence-electron chi connectivity index (χ2n) is 7.47. The first-order valence-corrected chi connectivity index (χ1v) is 13.1. The molecule has 0 saturated carbocycles. The second kappa shape index (κ2) is 10.2. The van der Waals surface area contributed by atoms with Gasteiger partial charge < -0.3 is 19.7 Å². The number of aromatic nitrogens is 4. The molecule has 3 heterocycles. The Morgan fingerprint density at radius 3 is 2.65 bits per heavy atom. The lowest BCUT2D eigenvalue weighted by Gasteiger charge is -2.29. The molecule has 13 heteroatoms. The van der Waals surface area contributed by atoms with Crippen LogP contribution in [0.3, 0.4) is 0 Å². The van der Waals surface area contributed by atoms with Gasteiger partial charge in [0.05, 0.1) is 35.9 Å². The fourth-order valence-corrected chi connectivity index (χ4v) is 5.00. The number of H-pyrrole nitrogens is 1. The molecular weight excluding hydrogens is 483 g/mol. The Kier molecular flexibility index (Phi) is 7.24. The maximum absolute atomic E-state index is 14.8. The van der Waals surface area contributed by atoms with Crippen LogP contribution < -0.4 is 15.0 Å². The van der Waals surface area contributed by atoms with Gasteiger partial charge in [0.1, 0.15) is 5.82 Å². The Morgan fingerprint density at radius 2 is 2.03 bits per heavy atom. The Bertz CT molecular complexity index is 1280. The van der Waals surface area contributed by atoms with Crippen LogP contribution in [0.2, 0.25) is 0 Å². The quantitative estimate of drug-likeness (QED) is 0.439. The molecule has 0 amide bonds. The fourth-order valence-electron chi connectivity index (χ4n) is 3.35. The van der Waals surface area contributed by atoms with Crippen molar-refractivity contribution in [1.29, 1.82) is 0 Å². The van der Waals surface area contributed by atoms with Crippen LogP contribution in [0.15, 0.2) is 39.2 Å². The number of aryl methyl sites for hydroxylation is 1. The van der Waals surface area contributed by atoms with Gasteiger partial charge in [0, 0.05) is 24.8 Å². The van der Waals surface area contributed by atoms with Gasteiger partial charge >= 0.3 is 0 Å². The topological polar surface area (TPSA) is 122 Å². The van der Waals surface area contributed by atoms with E-state index in [0.29, 0.717) is 49.5 Å². The Balaban J connectivity index is 1.73. The lowest BCUT2D eigenvalue weighted by molar-refractivity contribution is 0.122. The highest BCUT2D eigenvalue weighted by Crippen LogP contribution is 2.39. The molecule has 0 atom stereocenters. The van der Waals surface area contributed by atoms with Crippen LogP contribution >= 0.6 is 11.8 Å². The first-order chi connectivity index (χ1) is 16.3. The number of hydrogen-bond donors (Lipinski definition) is 2. The number of hydrogen-bond acceptors (Lipinski definition) is 10. The van der Waals surface area contributed by atoms with E-state index in [1.54, 1.807) is 0 Å². The molecule has 3 aromatic rings. The van der Waals surface area contributed by atoms with Crippen molar-refractivity contribution >= 4 is 39.1 Å². The van der Waals surface area contributed by atoms with E-state index in [1.165, 1.54) is 26.2 Å². The molecule has 1 aromatic carbocycles. The molecule has 0 bridgehead atoms. The average molecular weight is 509 g/mol. The number of halogens is 1. The maximum Gasteiger partial charge on any atom is 0.204 e. The Labute approximate surface area is 201 Å². The number of methoxy groups -OCH3 is 1. The lowest BCUT2D eigenvalue weighted by atomic mass is 10.3. The van der Waals surface area contributed by atoms with Gasteiger partial charge in [-0.15, -0.1) is 0 Å². The Hall–Kier alpha value is -2.90. The van der Waals surface area contributed by atoms with E-state index in [2.05, 4.69) is 25.5 Å². The minimum atomic E-state index is -3.52. The molecule has 0 radical (unpaired) electrons. The predicted octanol–water partition coefficient (Wildman–Crippen LogP) is 3.18. The minimum Gasteiger partial charge on any atom is -0.490 e. The number of anilines is 3. The minimum absolute atomic E-state index is 0.0576. The van der Waals surface area contributed by atoms with Gasteiger partial charge in [-0.3, -0.25) is 5.10 Å². The monoisotopic (exact) mass is 508 g/mol. The van der Waals surface area contributed by atoms with Gasteiger partial charge in [0.15, 0.2) is 32.4 Å². The van der Waals surface area contributed by atoms with Crippen LogP contribution in [0, 0.1) is 12.7 Å². The number of nitrogens with one attached hydrogen (secondary N) is 2. The zero-order valence-electron chi connectivity index (χ0n) is 19.0. The predicted molar refractivity (Wildman–Crippen MR) is 126 cm³/mol.